The molecule has 0 aliphatic rings. The summed E-state index contributed by atoms with van der Waals surface area (Å²) >= 11 is 0. The molecule has 0 heterocycles. The van der Waals surface area contributed by atoms with Crippen LogP contribution in [0.2, 0.25) is 0 Å². The molecule has 0 saturated carbocycles. The van der Waals surface area contributed by atoms with E-state index in [9.17, 15) is 4.79 Å². The third-order valence-electron chi connectivity index (χ3n) is 2.83. The number of nitrogens with one attached hydrogen (secondary N) is 2. The quantitative estimate of drug-likeness (QED) is 0.810. The fourth-order valence-corrected chi connectivity index (χ4v) is 1.33. The van der Waals surface area contributed by atoms with E-state index >= 15 is 0 Å². The van der Waals surface area contributed by atoms with Crippen LogP contribution in [0.25, 0.3) is 0 Å². The summed E-state index contributed by atoms with van der Waals surface area (Å²) in [5, 5.41) is 5.97. The maximum atomic E-state index is 11.8. The summed E-state index contributed by atoms with van der Waals surface area (Å²) < 4.78 is 0. The number of rotatable bonds is 4. The number of amides is 1. The van der Waals surface area contributed by atoms with Crippen LogP contribution in [0.5, 0.6) is 0 Å². The molecule has 0 aromatic heterocycles. The Kier molecular flexibility index (Phi) is 4.50. The summed E-state index contributed by atoms with van der Waals surface area (Å²) in [6.07, 6.45) is 0. The fraction of sp³-hybridized carbons (Fsp3) is 0.462. The first-order chi connectivity index (χ1) is 7.54. The molecule has 1 amide bonds. The molecule has 2 N–H and O–H groups in total. The number of carbonyl (C=O) groups excluding carboxylic acids is 1. The van der Waals surface area contributed by atoms with Crippen molar-refractivity contribution >= 4 is 5.91 Å². The van der Waals surface area contributed by atoms with E-state index in [1.807, 2.05) is 46.0 Å². The minimum atomic E-state index is -0.00907. The lowest BCUT2D eigenvalue weighted by atomic mass is 10.1. The largest absolute Gasteiger partial charge is 0.350 e. The van der Waals surface area contributed by atoms with E-state index in [4.69, 9.17) is 0 Å². The van der Waals surface area contributed by atoms with Crippen LogP contribution in [0, 0.1) is 13.8 Å². The second-order valence-corrected chi connectivity index (χ2v) is 4.20. The van der Waals surface area contributed by atoms with E-state index in [0.29, 0.717) is 6.54 Å². The zero-order valence-electron chi connectivity index (χ0n) is 10.4. The van der Waals surface area contributed by atoms with E-state index in [1.165, 1.54) is 5.56 Å². The molecule has 0 aliphatic carbocycles. The zero-order valence-corrected chi connectivity index (χ0v) is 10.4. The highest BCUT2D eigenvalue weighted by Gasteiger charge is 2.07. The lowest BCUT2D eigenvalue weighted by Gasteiger charge is -2.12. The average Bonchev–Trinajstić information content (AvgIpc) is 2.29. The smallest absolute Gasteiger partial charge is 0.251 e. The Bertz CT molecular complexity index is 374. The van der Waals surface area contributed by atoms with Crippen molar-refractivity contribution in [3.63, 3.8) is 0 Å². The summed E-state index contributed by atoms with van der Waals surface area (Å²) in [6.45, 7) is 6.73. The molecular weight excluding hydrogens is 200 g/mol. The van der Waals surface area contributed by atoms with Crippen molar-refractivity contribution < 1.29 is 4.79 Å². The maximum Gasteiger partial charge on any atom is 0.251 e. The fourth-order valence-electron chi connectivity index (χ4n) is 1.33. The molecule has 3 heteroatoms. The minimum absolute atomic E-state index is 0.00907. The molecule has 1 atom stereocenters. The van der Waals surface area contributed by atoms with Crippen molar-refractivity contribution in [3.8, 4) is 0 Å². The predicted octanol–water partition coefficient (Wildman–Crippen LogP) is 1.64. The van der Waals surface area contributed by atoms with Crippen molar-refractivity contribution in [2.45, 2.75) is 26.8 Å². The first-order valence-electron chi connectivity index (χ1n) is 5.57. The molecule has 0 saturated heterocycles. The predicted molar refractivity (Wildman–Crippen MR) is 66.8 cm³/mol. The molecular formula is C13H20N2O. The topological polar surface area (TPSA) is 41.1 Å². The molecule has 0 fully saturated rings. The highest BCUT2D eigenvalue weighted by atomic mass is 16.1. The standard InChI is InChI=1S/C13H20N2O/c1-9-5-6-12(7-10(9)2)13(16)15-8-11(3)14-4/h5-7,11,14H,8H2,1-4H3,(H,15,16). The van der Waals surface area contributed by atoms with E-state index in [0.717, 1.165) is 11.1 Å². The molecule has 1 aromatic carbocycles. The molecule has 16 heavy (non-hydrogen) atoms. The SMILES string of the molecule is CNC(C)CNC(=O)c1ccc(C)c(C)c1. The Labute approximate surface area is 97.2 Å². The van der Waals surface area contributed by atoms with Crippen LogP contribution in [-0.4, -0.2) is 25.5 Å². The third-order valence-corrected chi connectivity index (χ3v) is 2.83. The first kappa shape index (κ1) is 12.7. The Balaban J connectivity index is 2.63. The van der Waals surface area contributed by atoms with Gasteiger partial charge >= 0.3 is 0 Å². The van der Waals surface area contributed by atoms with Gasteiger partial charge in [0.25, 0.3) is 5.91 Å². The lowest BCUT2D eigenvalue weighted by Crippen LogP contribution is -2.37. The highest BCUT2D eigenvalue weighted by molar-refractivity contribution is 5.94. The van der Waals surface area contributed by atoms with Gasteiger partial charge in [-0.3, -0.25) is 4.79 Å². The van der Waals surface area contributed by atoms with Gasteiger partial charge in [-0.1, -0.05) is 6.07 Å². The van der Waals surface area contributed by atoms with Gasteiger partial charge < -0.3 is 10.6 Å². The normalized spacial score (nSPS) is 12.2. The molecule has 0 spiro atoms. The molecule has 0 bridgehead atoms. The summed E-state index contributed by atoms with van der Waals surface area (Å²) in [4.78, 5) is 11.8. The zero-order chi connectivity index (χ0) is 12.1. The van der Waals surface area contributed by atoms with Crippen LogP contribution < -0.4 is 10.6 Å². The molecule has 1 aromatic rings. The number of benzene rings is 1. The van der Waals surface area contributed by atoms with E-state index in [-0.39, 0.29) is 11.9 Å². The van der Waals surface area contributed by atoms with Crippen LogP contribution in [0.15, 0.2) is 18.2 Å². The summed E-state index contributed by atoms with van der Waals surface area (Å²) in [7, 11) is 1.88. The summed E-state index contributed by atoms with van der Waals surface area (Å²) in [6, 6.07) is 6.05. The van der Waals surface area contributed by atoms with Crippen molar-refractivity contribution in [2.24, 2.45) is 0 Å². The van der Waals surface area contributed by atoms with Gasteiger partial charge in [-0.05, 0) is 51.1 Å². The molecule has 1 rings (SSSR count). The Morgan fingerprint density at radius 2 is 2.00 bits per heavy atom. The molecule has 0 radical (unpaired) electrons. The summed E-state index contributed by atoms with van der Waals surface area (Å²) in [5.74, 6) is -0.00907. The van der Waals surface area contributed by atoms with E-state index in [1.54, 1.807) is 0 Å². The van der Waals surface area contributed by atoms with Gasteiger partial charge in [-0.15, -0.1) is 0 Å². The molecule has 1 unspecified atom stereocenters. The van der Waals surface area contributed by atoms with Gasteiger partial charge in [0.15, 0.2) is 0 Å². The van der Waals surface area contributed by atoms with Crippen molar-refractivity contribution in [1.29, 1.82) is 0 Å². The maximum absolute atomic E-state index is 11.8. The average molecular weight is 220 g/mol. The van der Waals surface area contributed by atoms with Gasteiger partial charge in [0.05, 0.1) is 0 Å². The molecule has 88 valence electrons. The van der Waals surface area contributed by atoms with Crippen LogP contribution in [0.3, 0.4) is 0 Å². The Morgan fingerprint density at radius 3 is 2.56 bits per heavy atom. The number of likely N-dealkylation sites (N-methyl/N-ethyl adjacent to an activating group) is 1. The van der Waals surface area contributed by atoms with Crippen LogP contribution in [-0.2, 0) is 0 Å². The van der Waals surface area contributed by atoms with E-state index in [2.05, 4.69) is 10.6 Å². The molecule has 0 aliphatic heterocycles. The number of carbonyl (C=O) groups is 1. The Hall–Kier alpha value is -1.35. The van der Waals surface area contributed by atoms with Gasteiger partial charge in [-0.2, -0.15) is 0 Å². The van der Waals surface area contributed by atoms with Crippen molar-refractivity contribution in [2.75, 3.05) is 13.6 Å². The Morgan fingerprint density at radius 1 is 1.31 bits per heavy atom. The van der Waals surface area contributed by atoms with Crippen LogP contribution in [0.4, 0.5) is 0 Å². The van der Waals surface area contributed by atoms with Gasteiger partial charge in [0, 0.05) is 18.2 Å². The summed E-state index contributed by atoms with van der Waals surface area (Å²) in [5.41, 5.74) is 3.08. The first-order valence-corrected chi connectivity index (χ1v) is 5.57. The number of hydrogen-bond acceptors (Lipinski definition) is 2. The minimum Gasteiger partial charge on any atom is -0.350 e. The van der Waals surface area contributed by atoms with Gasteiger partial charge in [0.2, 0.25) is 0 Å². The van der Waals surface area contributed by atoms with Gasteiger partial charge in [0.1, 0.15) is 0 Å². The van der Waals surface area contributed by atoms with Gasteiger partial charge in [-0.25, -0.2) is 0 Å². The van der Waals surface area contributed by atoms with Crippen LogP contribution >= 0.6 is 0 Å². The second-order valence-electron chi connectivity index (χ2n) is 4.20. The second kappa shape index (κ2) is 5.66. The number of aryl methyl sites for hydroxylation is 2. The van der Waals surface area contributed by atoms with Crippen LogP contribution in [0.1, 0.15) is 28.4 Å². The molecule has 3 nitrogen and oxygen atoms in total. The lowest BCUT2D eigenvalue weighted by molar-refractivity contribution is 0.0950. The third kappa shape index (κ3) is 3.35. The van der Waals surface area contributed by atoms with E-state index < -0.39 is 0 Å². The highest BCUT2D eigenvalue weighted by Crippen LogP contribution is 2.09. The number of hydrogen-bond donors (Lipinski definition) is 2. The van der Waals surface area contributed by atoms with Crippen molar-refractivity contribution in [3.05, 3.63) is 34.9 Å². The van der Waals surface area contributed by atoms with Crippen molar-refractivity contribution in [1.82, 2.24) is 10.6 Å². The monoisotopic (exact) mass is 220 g/mol.